The summed E-state index contributed by atoms with van der Waals surface area (Å²) in [4.78, 5) is 16.3. The molecule has 0 fully saturated rings. The van der Waals surface area contributed by atoms with Gasteiger partial charge in [0.05, 0.1) is 11.2 Å². The molecule has 0 saturated carbocycles. The highest BCUT2D eigenvalue weighted by molar-refractivity contribution is 5.91. The predicted molar refractivity (Wildman–Crippen MR) is 89.1 cm³/mol. The normalized spacial score (nSPS) is 10.9. The van der Waals surface area contributed by atoms with Crippen LogP contribution in [0.3, 0.4) is 0 Å². The number of aromatic nitrogens is 1. The quantitative estimate of drug-likeness (QED) is 0.746. The van der Waals surface area contributed by atoms with Gasteiger partial charge in [-0.3, -0.25) is 4.79 Å². The van der Waals surface area contributed by atoms with Crippen molar-refractivity contribution in [2.75, 3.05) is 0 Å². The summed E-state index contributed by atoms with van der Waals surface area (Å²) in [5.41, 5.74) is 2.77. The van der Waals surface area contributed by atoms with Crippen molar-refractivity contribution in [1.82, 2.24) is 10.3 Å². The summed E-state index contributed by atoms with van der Waals surface area (Å²) in [6.07, 6.45) is 3.24. The molecule has 22 heavy (non-hydrogen) atoms. The number of hydrogen-bond donors (Lipinski definition) is 1. The van der Waals surface area contributed by atoms with Gasteiger partial charge in [-0.2, -0.15) is 0 Å². The number of hydrogen-bond acceptors (Lipinski definition) is 2. The smallest absolute Gasteiger partial charge is 0.244 e. The fourth-order valence-corrected chi connectivity index (χ4v) is 2.18. The molecule has 0 radical (unpaired) electrons. The highest BCUT2D eigenvalue weighted by Gasteiger charge is 1.98. The van der Waals surface area contributed by atoms with E-state index in [9.17, 15) is 4.79 Å². The zero-order valence-corrected chi connectivity index (χ0v) is 12.1. The van der Waals surface area contributed by atoms with E-state index >= 15 is 0 Å². The van der Waals surface area contributed by atoms with Crippen molar-refractivity contribution in [1.29, 1.82) is 0 Å². The minimum absolute atomic E-state index is 0.126. The monoisotopic (exact) mass is 288 g/mol. The highest BCUT2D eigenvalue weighted by Crippen LogP contribution is 2.12. The second kappa shape index (κ2) is 6.68. The standard InChI is InChI=1S/C19H16N2O/c22-19(20-14-15-6-2-1-3-7-15)13-12-17-11-10-16-8-4-5-9-18(16)21-17/h1-13H,14H2,(H,20,22). The van der Waals surface area contributed by atoms with Crippen molar-refractivity contribution >= 4 is 22.9 Å². The van der Waals surface area contributed by atoms with Gasteiger partial charge < -0.3 is 5.32 Å². The van der Waals surface area contributed by atoms with Crippen LogP contribution in [0.4, 0.5) is 0 Å². The van der Waals surface area contributed by atoms with E-state index < -0.39 is 0 Å². The molecule has 0 unspecified atom stereocenters. The van der Waals surface area contributed by atoms with Gasteiger partial charge in [0.2, 0.25) is 5.91 Å². The lowest BCUT2D eigenvalue weighted by atomic mass is 10.2. The molecule has 0 spiro atoms. The minimum atomic E-state index is -0.126. The molecule has 3 heteroatoms. The maximum Gasteiger partial charge on any atom is 0.244 e. The maximum atomic E-state index is 11.8. The van der Waals surface area contributed by atoms with Crippen LogP contribution in [0.5, 0.6) is 0 Å². The predicted octanol–water partition coefficient (Wildman–Crippen LogP) is 3.56. The Bertz CT molecular complexity index is 810. The fraction of sp³-hybridized carbons (Fsp3) is 0.0526. The molecule has 0 bridgehead atoms. The number of nitrogens with one attached hydrogen (secondary N) is 1. The molecule has 0 atom stereocenters. The average molecular weight is 288 g/mol. The van der Waals surface area contributed by atoms with E-state index in [1.807, 2.05) is 66.7 Å². The molecule has 3 nitrogen and oxygen atoms in total. The van der Waals surface area contributed by atoms with Crippen molar-refractivity contribution in [3.8, 4) is 0 Å². The van der Waals surface area contributed by atoms with Gasteiger partial charge in [-0.05, 0) is 23.8 Å². The Labute approximate surface area is 129 Å². The van der Waals surface area contributed by atoms with Crippen molar-refractivity contribution in [2.24, 2.45) is 0 Å². The van der Waals surface area contributed by atoms with Crippen LogP contribution in [0.1, 0.15) is 11.3 Å². The van der Waals surface area contributed by atoms with Crippen LogP contribution in [0, 0.1) is 0 Å². The second-order valence-electron chi connectivity index (χ2n) is 4.97. The molecule has 0 aliphatic rings. The average Bonchev–Trinajstić information content (AvgIpc) is 2.59. The Hall–Kier alpha value is -2.94. The maximum absolute atomic E-state index is 11.8. The number of carbonyl (C=O) groups is 1. The van der Waals surface area contributed by atoms with Crippen LogP contribution in [-0.2, 0) is 11.3 Å². The Morgan fingerprint density at radius 3 is 2.59 bits per heavy atom. The number of para-hydroxylation sites is 1. The van der Waals surface area contributed by atoms with Gasteiger partial charge in [0.15, 0.2) is 0 Å². The van der Waals surface area contributed by atoms with Gasteiger partial charge >= 0.3 is 0 Å². The Morgan fingerprint density at radius 1 is 0.955 bits per heavy atom. The van der Waals surface area contributed by atoms with Gasteiger partial charge in [-0.25, -0.2) is 4.98 Å². The van der Waals surface area contributed by atoms with Crippen LogP contribution < -0.4 is 5.32 Å². The lowest BCUT2D eigenvalue weighted by Crippen LogP contribution is -2.20. The molecule has 1 heterocycles. The first kappa shape index (κ1) is 14.0. The van der Waals surface area contributed by atoms with Crippen molar-refractivity contribution in [2.45, 2.75) is 6.54 Å². The van der Waals surface area contributed by atoms with Crippen molar-refractivity contribution < 1.29 is 4.79 Å². The van der Waals surface area contributed by atoms with E-state index in [4.69, 9.17) is 0 Å². The Balaban J connectivity index is 1.63. The molecular weight excluding hydrogens is 272 g/mol. The third-order valence-corrected chi connectivity index (χ3v) is 3.33. The molecule has 1 N–H and O–H groups in total. The molecule has 0 aliphatic carbocycles. The van der Waals surface area contributed by atoms with Crippen LogP contribution in [0.15, 0.2) is 72.8 Å². The summed E-state index contributed by atoms with van der Waals surface area (Å²) in [6.45, 7) is 0.523. The molecule has 1 aromatic heterocycles. The van der Waals surface area contributed by atoms with Crippen molar-refractivity contribution in [3.05, 3.63) is 84.1 Å². The van der Waals surface area contributed by atoms with E-state index in [2.05, 4.69) is 10.3 Å². The molecule has 1 amide bonds. The summed E-state index contributed by atoms with van der Waals surface area (Å²) in [5.74, 6) is -0.126. The van der Waals surface area contributed by atoms with E-state index in [-0.39, 0.29) is 5.91 Å². The third kappa shape index (κ3) is 3.58. The summed E-state index contributed by atoms with van der Waals surface area (Å²) in [6, 6.07) is 21.6. The number of pyridine rings is 1. The van der Waals surface area contributed by atoms with E-state index in [1.54, 1.807) is 6.08 Å². The van der Waals surface area contributed by atoms with Gasteiger partial charge in [0.1, 0.15) is 0 Å². The second-order valence-corrected chi connectivity index (χ2v) is 4.97. The summed E-state index contributed by atoms with van der Waals surface area (Å²) in [5, 5.41) is 3.94. The van der Waals surface area contributed by atoms with Crippen LogP contribution in [-0.4, -0.2) is 10.9 Å². The molecule has 3 aromatic rings. The van der Waals surface area contributed by atoms with E-state index in [0.29, 0.717) is 6.54 Å². The first-order valence-electron chi connectivity index (χ1n) is 7.17. The van der Waals surface area contributed by atoms with Crippen LogP contribution >= 0.6 is 0 Å². The first-order valence-corrected chi connectivity index (χ1v) is 7.17. The third-order valence-electron chi connectivity index (χ3n) is 3.33. The molecule has 108 valence electrons. The number of benzene rings is 2. The van der Waals surface area contributed by atoms with Gasteiger partial charge in [0, 0.05) is 18.0 Å². The number of carbonyl (C=O) groups excluding carboxylic acids is 1. The largest absolute Gasteiger partial charge is 0.348 e. The molecule has 0 aliphatic heterocycles. The van der Waals surface area contributed by atoms with Gasteiger partial charge in [-0.15, -0.1) is 0 Å². The summed E-state index contributed by atoms with van der Waals surface area (Å²) < 4.78 is 0. The minimum Gasteiger partial charge on any atom is -0.348 e. The highest BCUT2D eigenvalue weighted by atomic mass is 16.1. The fourth-order valence-electron chi connectivity index (χ4n) is 2.18. The molecular formula is C19H16N2O. The van der Waals surface area contributed by atoms with Gasteiger partial charge in [-0.1, -0.05) is 54.6 Å². The number of fused-ring (bicyclic) bond motifs is 1. The zero-order valence-electron chi connectivity index (χ0n) is 12.1. The zero-order chi connectivity index (χ0) is 15.2. The number of nitrogens with zero attached hydrogens (tertiary/aromatic N) is 1. The summed E-state index contributed by atoms with van der Waals surface area (Å²) >= 11 is 0. The summed E-state index contributed by atoms with van der Waals surface area (Å²) in [7, 11) is 0. The number of rotatable bonds is 4. The molecule has 3 rings (SSSR count). The SMILES string of the molecule is O=C(C=Cc1ccc2ccccc2n1)NCc1ccccc1. The molecule has 2 aromatic carbocycles. The number of amides is 1. The first-order chi connectivity index (χ1) is 10.8. The Morgan fingerprint density at radius 2 is 1.73 bits per heavy atom. The molecule has 0 saturated heterocycles. The van der Waals surface area contributed by atoms with Gasteiger partial charge in [0.25, 0.3) is 0 Å². The van der Waals surface area contributed by atoms with Crippen molar-refractivity contribution in [3.63, 3.8) is 0 Å². The lowest BCUT2D eigenvalue weighted by molar-refractivity contribution is -0.116. The van der Waals surface area contributed by atoms with E-state index in [0.717, 1.165) is 22.2 Å². The van der Waals surface area contributed by atoms with E-state index in [1.165, 1.54) is 6.08 Å². The van der Waals surface area contributed by atoms with Crippen LogP contribution in [0.2, 0.25) is 0 Å². The Kier molecular flexibility index (Phi) is 4.25. The van der Waals surface area contributed by atoms with Crippen LogP contribution in [0.25, 0.3) is 17.0 Å². The topological polar surface area (TPSA) is 42.0 Å². The lowest BCUT2D eigenvalue weighted by Gasteiger charge is -2.02.